The molecule has 0 unspecified atom stereocenters. The van der Waals surface area contributed by atoms with Crippen LogP contribution in [0.4, 0.5) is 0 Å². The van der Waals surface area contributed by atoms with E-state index in [0.29, 0.717) is 45.4 Å². The lowest BCUT2D eigenvalue weighted by Crippen LogP contribution is -2.49. The third kappa shape index (κ3) is 5.45. The molecule has 2 N–H and O–H groups in total. The summed E-state index contributed by atoms with van der Waals surface area (Å²) in [6.45, 7) is 0.572. The average Bonchev–Trinajstić information content (AvgIpc) is 3.35. The fraction of sp³-hybridized carbons (Fsp3) is 0.226. The van der Waals surface area contributed by atoms with Gasteiger partial charge in [-0.15, -0.1) is 0 Å². The van der Waals surface area contributed by atoms with Gasteiger partial charge >= 0.3 is 5.97 Å². The second-order valence-electron chi connectivity index (χ2n) is 9.92. The van der Waals surface area contributed by atoms with E-state index in [2.05, 4.69) is 0 Å². The molecule has 10 heteroatoms. The Morgan fingerprint density at radius 3 is 2.17 bits per heavy atom. The van der Waals surface area contributed by atoms with E-state index in [0.717, 1.165) is 5.56 Å². The van der Waals surface area contributed by atoms with E-state index in [9.17, 15) is 14.4 Å². The maximum Gasteiger partial charge on any atom is 0.316 e. The van der Waals surface area contributed by atoms with Crippen molar-refractivity contribution < 1.29 is 19.1 Å². The summed E-state index contributed by atoms with van der Waals surface area (Å²) in [6, 6.07) is 23.6. The van der Waals surface area contributed by atoms with Crippen LogP contribution in [0.3, 0.4) is 0 Å². The summed E-state index contributed by atoms with van der Waals surface area (Å²) < 4.78 is 6.77. The van der Waals surface area contributed by atoms with Gasteiger partial charge in [0.1, 0.15) is 0 Å². The number of amides is 2. The van der Waals surface area contributed by atoms with Gasteiger partial charge in [0, 0.05) is 29.2 Å². The molecule has 1 saturated heterocycles. The molecular formula is C31H28Cl2N4O4. The number of carbonyl (C=O) groups excluding carboxylic acids is 3. The van der Waals surface area contributed by atoms with Crippen molar-refractivity contribution in [2.24, 2.45) is 5.73 Å². The number of piperidine rings is 1. The number of likely N-dealkylation sites (tertiary alicyclic amines) is 1. The number of nitrogens with two attached hydrogens (primary N) is 1. The third-order valence-corrected chi connectivity index (χ3v) is 8.11. The lowest BCUT2D eigenvalue weighted by atomic mass is 9.72. The number of ether oxygens (including phenoxy) is 1. The fourth-order valence-corrected chi connectivity index (χ4v) is 5.81. The maximum atomic E-state index is 14.1. The quantitative estimate of drug-likeness (QED) is 0.297. The van der Waals surface area contributed by atoms with Crippen molar-refractivity contribution in [3.05, 3.63) is 106 Å². The summed E-state index contributed by atoms with van der Waals surface area (Å²) in [7, 11) is 1.38. The molecular weight excluding hydrogens is 563 g/mol. The highest BCUT2D eigenvalue weighted by Crippen LogP contribution is 2.38. The Balaban J connectivity index is 1.58. The van der Waals surface area contributed by atoms with Gasteiger partial charge in [0.05, 0.1) is 35.3 Å². The van der Waals surface area contributed by atoms with Crippen molar-refractivity contribution in [1.82, 2.24) is 14.7 Å². The minimum absolute atomic E-state index is 0.0962. The summed E-state index contributed by atoms with van der Waals surface area (Å²) in [5, 5.41) is 5.67. The lowest BCUT2D eigenvalue weighted by Gasteiger charge is -2.39. The van der Waals surface area contributed by atoms with E-state index >= 15 is 0 Å². The number of primary amides is 1. The molecule has 2 amide bonds. The second-order valence-corrected chi connectivity index (χ2v) is 10.8. The van der Waals surface area contributed by atoms with Crippen LogP contribution in [-0.4, -0.2) is 52.7 Å². The molecule has 1 aliphatic rings. The van der Waals surface area contributed by atoms with Gasteiger partial charge in [0.2, 0.25) is 5.91 Å². The van der Waals surface area contributed by atoms with Crippen molar-refractivity contribution in [2.45, 2.75) is 24.7 Å². The monoisotopic (exact) mass is 590 g/mol. The highest BCUT2D eigenvalue weighted by molar-refractivity contribution is 6.32. The van der Waals surface area contributed by atoms with E-state index in [1.165, 1.54) is 7.11 Å². The first-order valence-electron chi connectivity index (χ1n) is 13.1. The van der Waals surface area contributed by atoms with Crippen LogP contribution in [0.1, 0.15) is 34.5 Å². The van der Waals surface area contributed by atoms with Crippen molar-refractivity contribution in [1.29, 1.82) is 0 Å². The van der Waals surface area contributed by atoms with Crippen LogP contribution in [0.5, 0.6) is 0 Å². The van der Waals surface area contributed by atoms with Crippen LogP contribution in [0.2, 0.25) is 10.0 Å². The summed E-state index contributed by atoms with van der Waals surface area (Å²) in [5.41, 5.74) is 7.87. The molecule has 0 radical (unpaired) electrons. The molecule has 0 spiro atoms. The Morgan fingerprint density at radius 1 is 0.927 bits per heavy atom. The Morgan fingerprint density at radius 2 is 1.56 bits per heavy atom. The van der Waals surface area contributed by atoms with Gasteiger partial charge in [-0.25, -0.2) is 4.68 Å². The molecule has 1 aliphatic heterocycles. The predicted octanol–water partition coefficient (Wildman–Crippen LogP) is 5.22. The first kappa shape index (κ1) is 28.4. The van der Waals surface area contributed by atoms with Crippen molar-refractivity contribution in [2.75, 3.05) is 20.2 Å². The first-order chi connectivity index (χ1) is 19.7. The summed E-state index contributed by atoms with van der Waals surface area (Å²) in [4.78, 5) is 41.0. The number of hydrogen-bond acceptors (Lipinski definition) is 5. The zero-order chi connectivity index (χ0) is 29.1. The zero-order valence-electron chi connectivity index (χ0n) is 22.3. The molecule has 0 saturated carbocycles. The number of methoxy groups -OCH3 is 1. The Kier molecular flexibility index (Phi) is 8.15. The van der Waals surface area contributed by atoms with E-state index in [4.69, 9.17) is 38.8 Å². The molecule has 2 heterocycles. The van der Waals surface area contributed by atoms with Crippen LogP contribution < -0.4 is 5.73 Å². The van der Waals surface area contributed by atoms with Gasteiger partial charge < -0.3 is 15.4 Å². The van der Waals surface area contributed by atoms with E-state index < -0.39 is 11.3 Å². The van der Waals surface area contributed by atoms with Crippen LogP contribution in [-0.2, 0) is 26.2 Å². The Bertz CT molecular complexity index is 1590. The number of para-hydroxylation sites is 1. The van der Waals surface area contributed by atoms with E-state index in [-0.39, 0.29) is 37.1 Å². The first-order valence-corrected chi connectivity index (χ1v) is 13.8. The number of hydrogen-bond donors (Lipinski definition) is 1. The Labute approximate surface area is 247 Å². The maximum absolute atomic E-state index is 14.1. The third-order valence-electron chi connectivity index (χ3n) is 7.54. The number of halogens is 2. The number of aromatic nitrogens is 2. The van der Waals surface area contributed by atoms with E-state index in [1.807, 2.05) is 36.4 Å². The number of esters is 1. The SMILES string of the molecule is COC(=O)C1(c2ccccc2)CCN(C(=O)c2nn(-c3ccccc3Cl)c(-c3ccc(Cl)cc3)c2CC(N)=O)CC1. The van der Waals surface area contributed by atoms with Crippen LogP contribution in [0.25, 0.3) is 16.9 Å². The van der Waals surface area contributed by atoms with E-state index in [1.54, 1.807) is 52.0 Å². The number of nitrogens with zero attached hydrogens (tertiary/aromatic N) is 3. The molecule has 0 bridgehead atoms. The van der Waals surface area contributed by atoms with Crippen LogP contribution >= 0.6 is 23.2 Å². The summed E-state index contributed by atoms with van der Waals surface area (Å²) >= 11 is 12.7. The van der Waals surface area contributed by atoms with Gasteiger partial charge in [-0.05, 0) is 42.7 Å². The molecule has 210 valence electrons. The summed E-state index contributed by atoms with van der Waals surface area (Å²) in [5.74, 6) is -1.31. The molecule has 8 nitrogen and oxygen atoms in total. The topological polar surface area (TPSA) is 108 Å². The zero-order valence-corrected chi connectivity index (χ0v) is 23.9. The minimum Gasteiger partial charge on any atom is -0.468 e. The van der Waals surface area contributed by atoms with Gasteiger partial charge in [-0.3, -0.25) is 14.4 Å². The fourth-order valence-electron chi connectivity index (χ4n) is 5.47. The van der Waals surface area contributed by atoms with Crippen molar-refractivity contribution in [3.63, 3.8) is 0 Å². The Hall–Kier alpha value is -4.14. The standard InChI is InChI=1S/C31H28Cl2N4O4/c1-41-30(40)31(21-7-3-2-4-8-21)15-17-36(18-16-31)29(39)27-23(19-26(34)38)28(20-11-13-22(32)14-12-20)37(35-27)25-10-6-5-9-24(25)33/h2-14H,15-19H2,1H3,(H2,34,38). The number of carbonyl (C=O) groups is 3. The highest BCUT2D eigenvalue weighted by atomic mass is 35.5. The molecule has 1 aromatic heterocycles. The number of rotatable bonds is 7. The molecule has 0 atom stereocenters. The lowest BCUT2D eigenvalue weighted by molar-refractivity contribution is -0.149. The van der Waals surface area contributed by atoms with Gasteiger partial charge in [0.15, 0.2) is 5.69 Å². The smallest absolute Gasteiger partial charge is 0.316 e. The molecule has 0 aliphatic carbocycles. The largest absolute Gasteiger partial charge is 0.468 e. The molecule has 5 rings (SSSR count). The van der Waals surface area contributed by atoms with Crippen molar-refractivity contribution >= 4 is 41.0 Å². The van der Waals surface area contributed by atoms with Crippen LogP contribution in [0.15, 0.2) is 78.9 Å². The van der Waals surface area contributed by atoms with Gasteiger partial charge in [0.25, 0.3) is 5.91 Å². The van der Waals surface area contributed by atoms with Crippen LogP contribution in [0, 0.1) is 0 Å². The minimum atomic E-state index is -0.867. The second kappa shape index (κ2) is 11.8. The average molecular weight is 591 g/mol. The number of benzene rings is 3. The normalized spacial score (nSPS) is 14.5. The highest BCUT2D eigenvalue weighted by Gasteiger charge is 2.45. The molecule has 1 fully saturated rings. The summed E-state index contributed by atoms with van der Waals surface area (Å²) in [6.07, 6.45) is 0.527. The molecule has 3 aromatic carbocycles. The van der Waals surface area contributed by atoms with Gasteiger partial charge in [-0.1, -0.05) is 77.8 Å². The molecule has 41 heavy (non-hydrogen) atoms. The van der Waals surface area contributed by atoms with Crippen molar-refractivity contribution in [3.8, 4) is 16.9 Å². The van der Waals surface area contributed by atoms with Gasteiger partial charge in [-0.2, -0.15) is 5.10 Å². The molecule has 4 aromatic rings. The predicted molar refractivity (Wildman–Crippen MR) is 157 cm³/mol.